The number of hydrogen-bond donors (Lipinski definition) is 3. The molecule has 0 unspecified atom stereocenters. The maximum atomic E-state index is 11.6. The molecule has 0 bridgehead atoms. The van der Waals surface area contributed by atoms with Crippen molar-refractivity contribution in [1.29, 1.82) is 0 Å². The average Bonchev–Trinajstić information content (AvgIpc) is 2.76. The van der Waals surface area contributed by atoms with Crippen molar-refractivity contribution >= 4 is 23.2 Å². The number of thiocarbonyl (C=S) groups is 1. The molecule has 114 valence electrons. The van der Waals surface area contributed by atoms with Crippen LogP contribution in [0.4, 0.5) is 0 Å². The Hall–Kier alpha value is -2.02. The normalized spacial score (nSPS) is 14.6. The number of nitrogens with one attached hydrogen (secondary N) is 3. The van der Waals surface area contributed by atoms with Crippen molar-refractivity contribution in [3.8, 4) is 11.5 Å². The highest BCUT2D eigenvalue weighted by Crippen LogP contribution is 2.41. The lowest BCUT2D eigenvalue weighted by Gasteiger charge is -2.18. The number of para-hydroxylation sites is 1. The van der Waals surface area contributed by atoms with E-state index in [2.05, 4.69) is 16.2 Å². The molecule has 0 aromatic heterocycles. The van der Waals surface area contributed by atoms with Crippen LogP contribution in [-0.4, -0.2) is 30.3 Å². The van der Waals surface area contributed by atoms with Gasteiger partial charge in [-0.05, 0) is 32.1 Å². The second-order valence-electron chi connectivity index (χ2n) is 5.32. The molecule has 6 nitrogen and oxygen atoms in total. The molecule has 1 aliphatic heterocycles. The van der Waals surface area contributed by atoms with Crippen molar-refractivity contribution < 1.29 is 14.3 Å². The summed E-state index contributed by atoms with van der Waals surface area (Å²) in [6.07, 6.45) is 0.823. The first kappa shape index (κ1) is 15.4. The van der Waals surface area contributed by atoms with Crippen LogP contribution in [0.15, 0.2) is 18.2 Å². The number of carbonyl (C=O) groups excluding carboxylic acids is 1. The van der Waals surface area contributed by atoms with Crippen LogP contribution in [0, 0.1) is 0 Å². The minimum absolute atomic E-state index is 0.125. The van der Waals surface area contributed by atoms with Gasteiger partial charge in [0.15, 0.2) is 23.2 Å². The van der Waals surface area contributed by atoms with Gasteiger partial charge >= 0.3 is 0 Å². The van der Waals surface area contributed by atoms with Gasteiger partial charge in [-0.1, -0.05) is 12.1 Å². The maximum absolute atomic E-state index is 11.6. The zero-order valence-electron chi connectivity index (χ0n) is 12.3. The molecule has 2 rings (SSSR count). The first-order valence-corrected chi connectivity index (χ1v) is 7.02. The van der Waals surface area contributed by atoms with E-state index in [0.29, 0.717) is 16.6 Å². The molecule has 0 fully saturated rings. The van der Waals surface area contributed by atoms with Gasteiger partial charge in [0.25, 0.3) is 5.91 Å². The first-order chi connectivity index (χ1) is 9.91. The minimum atomic E-state index is -0.331. The highest BCUT2D eigenvalue weighted by atomic mass is 32.1. The van der Waals surface area contributed by atoms with Crippen molar-refractivity contribution in [2.75, 3.05) is 13.7 Å². The van der Waals surface area contributed by atoms with E-state index >= 15 is 0 Å². The fourth-order valence-corrected chi connectivity index (χ4v) is 2.12. The molecule has 1 heterocycles. The Morgan fingerprint density at radius 1 is 1.43 bits per heavy atom. The molecular weight excluding hydrogens is 290 g/mol. The zero-order chi connectivity index (χ0) is 15.5. The van der Waals surface area contributed by atoms with Gasteiger partial charge < -0.3 is 14.8 Å². The van der Waals surface area contributed by atoms with E-state index in [1.807, 2.05) is 26.0 Å². The van der Waals surface area contributed by atoms with Gasteiger partial charge in [0.05, 0.1) is 0 Å². The van der Waals surface area contributed by atoms with Crippen LogP contribution in [0.1, 0.15) is 19.4 Å². The Labute approximate surface area is 129 Å². The zero-order valence-corrected chi connectivity index (χ0v) is 13.1. The number of hydrogen-bond acceptors (Lipinski definition) is 4. The lowest BCUT2D eigenvalue weighted by atomic mass is 10.0. The van der Waals surface area contributed by atoms with E-state index in [1.54, 1.807) is 13.1 Å². The smallest absolute Gasteiger partial charge is 0.276 e. The molecule has 0 atom stereocenters. The molecular formula is C14H19N3O3S. The summed E-state index contributed by atoms with van der Waals surface area (Å²) in [5, 5.41) is 3.01. The molecule has 0 aliphatic carbocycles. The molecule has 1 aliphatic rings. The quantitative estimate of drug-likeness (QED) is 0.569. The highest BCUT2D eigenvalue weighted by Gasteiger charge is 2.32. The van der Waals surface area contributed by atoms with Gasteiger partial charge in [-0.3, -0.25) is 15.6 Å². The van der Waals surface area contributed by atoms with Crippen LogP contribution in [0.25, 0.3) is 0 Å². The number of fused-ring (bicyclic) bond motifs is 1. The van der Waals surface area contributed by atoms with E-state index in [0.717, 1.165) is 12.0 Å². The fraction of sp³-hybridized carbons (Fsp3) is 0.429. The number of rotatable bonds is 3. The SMILES string of the molecule is CNC(=S)NNC(=O)COc1cccc2c1OC(C)(C)C2. The summed E-state index contributed by atoms with van der Waals surface area (Å²) in [6, 6.07) is 5.69. The Bertz CT molecular complexity index is 560. The van der Waals surface area contributed by atoms with Crippen LogP contribution < -0.4 is 25.6 Å². The third-order valence-corrected chi connectivity index (χ3v) is 3.26. The standard InChI is InChI=1S/C14H19N3O3S/c1-14(2)7-9-5-4-6-10(12(9)20-14)19-8-11(18)16-17-13(21)15-3/h4-6H,7-8H2,1-3H3,(H,16,18)(H2,15,17,21). The van der Waals surface area contributed by atoms with Crippen LogP contribution >= 0.6 is 12.2 Å². The summed E-state index contributed by atoms with van der Waals surface area (Å²) in [5.74, 6) is 0.959. The van der Waals surface area contributed by atoms with Crippen LogP contribution in [0.2, 0.25) is 0 Å². The highest BCUT2D eigenvalue weighted by molar-refractivity contribution is 7.80. The van der Waals surface area contributed by atoms with Crippen LogP contribution in [-0.2, 0) is 11.2 Å². The summed E-state index contributed by atoms with van der Waals surface area (Å²) in [6.45, 7) is 3.91. The van der Waals surface area contributed by atoms with E-state index < -0.39 is 0 Å². The molecule has 0 radical (unpaired) electrons. The molecule has 3 N–H and O–H groups in total. The summed E-state index contributed by atoms with van der Waals surface area (Å²) in [5.41, 5.74) is 5.82. The first-order valence-electron chi connectivity index (χ1n) is 6.61. The Morgan fingerprint density at radius 3 is 2.90 bits per heavy atom. The monoisotopic (exact) mass is 309 g/mol. The van der Waals surface area contributed by atoms with Gasteiger partial charge in [-0.15, -0.1) is 0 Å². The van der Waals surface area contributed by atoms with E-state index in [-0.39, 0.29) is 18.1 Å². The summed E-state index contributed by atoms with van der Waals surface area (Å²) in [4.78, 5) is 11.6. The van der Waals surface area contributed by atoms with Gasteiger partial charge in [0.2, 0.25) is 0 Å². The lowest BCUT2D eigenvalue weighted by Crippen LogP contribution is -2.47. The third kappa shape index (κ3) is 3.98. The Morgan fingerprint density at radius 2 is 2.19 bits per heavy atom. The summed E-state index contributed by atoms with van der Waals surface area (Å²) >= 11 is 4.84. The molecule has 0 saturated carbocycles. The second kappa shape index (κ2) is 6.17. The molecule has 0 saturated heterocycles. The van der Waals surface area contributed by atoms with Crippen molar-refractivity contribution in [3.05, 3.63) is 23.8 Å². The van der Waals surface area contributed by atoms with Crippen molar-refractivity contribution in [1.82, 2.24) is 16.2 Å². The van der Waals surface area contributed by atoms with Crippen LogP contribution in [0.3, 0.4) is 0 Å². The average molecular weight is 309 g/mol. The summed E-state index contributed by atoms with van der Waals surface area (Å²) < 4.78 is 11.4. The molecule has 1 amide bonds. The largest absolute Gasteiger partial charge is 0.483 e. The number of benzene rings is 1. The Kier molecular flexibility index (Phi) is 4.52. The predicted molar refractivity (Wildman–Crippen MR) is 83.3 cm³/mol. The van der Waals surface area contributed by atoms with E-state index in [1.165, 1.54) is 0 Å². The molecule has 0 spiro atoms. The van der Waals surface area contributed by atoms with Gasteiger partial charge in [0, 0.05) is 19.0 Å². The minimum Gasteiger partial charge on any atom is -0.483 e. The molecule has 1 aromatic carbocycles. The van der Waals surface area contributed by atoms with Gasteiger partial charge in [-0.25, -0.2) is 0 Å². The topological polar surface area (TPSA) is 71.6 Å². The number of amides is 1. The number of hydrazine groups is 1. The van der Waals surface area contributed by atoms with Crippen molar-refractivity contribution in [2.24, 2.45) is 0 Å². The van der Waals surface area contributed by atoms with Gasteiger partial charge in [0.1, 0.15) is 5.60 Å². The molecule has 1 aromatic rings. The predicted octanol–water partition coefficient (Wildman–Crippen LogP) is 0.904. The lowest BCUT2D eigenvalue weighted by molar-refractivity contribution is -0.123. The fourth-order valence-electron chi connectivity index (χ4n) is 2.07. The number of carbonyl (C=O) groups is 1. The van der Waals surface area contributed by atoms with Crippen molar-refractivity contribution in [3.63, 3.8) is 0 Å². The van der Waals surface area contributed by atoms with E-state index in [9.17, 15) is 4.79 Å². The third-order valence-electron chi connectivity index (χ3n) is 2.96. The van der Waals surface area contributed by atoms with Crippen molar-refractivity contribution in [2.45, 2.75) is 25.9 Å². The molecule has 21 heavy (non-hydrogen) atoms. The van der Waals surface area contributed by atoms with Crippen LogP contribution in [0.5, 0.6) is 11.5 Å². The second-order valence-corrected chi connectivity index (χ2v) is 5.73. The Balaban J connectivity index is 1.92. The molecule has 7 heteroatoms. The number of ether oxygens (including phenoxy) is 2. The van der Waals surface area contributed by atoms with E-state index in [4.69, 9.17) is 21.7 Å². The van der Waals surface area contributed by atoms with Gasteiger partial charge in [-0.2, -0.15) is 0 Å². The maximum Gasteiger partial charge on any atom is 0.276 e. The summed E-state index contributed by atoms with van der Waals surface area (Å²) in [7, 11) is 1.66.